The SMILES string of the molecule is N#CCc1cc2ncccc2c2c1=NC(=O)N=2. The highest BCUT2D eigenvalue weighted by molar-refractivity contribution is 5.84. The van der Waals surface area contributed by atoms with Gasteiger partial charge in [0, 0.05) is 11.6 Å². The van der Waals surface area contributed by atoms with Crippen molar-refractivity contribution in [2.75, 3.05) is 0 Å². The van der Waals surface area contributed by atoms with E-state index in [0.717, 1.165) is 10.9 Å². The van der Waals surface area contributed by atoms with Crippen molar-refractivity contribution in [2.24, 2.45) is 9.98 Å². The van der Waals surface area contributed by atoms with Gasteiger partial charge < -0.3 is 0 Å². The average molecular weight is 222 g/mol. The minimum Gasteiger partial charge on any atom is -0.256 e. The Kier molecular flexibility index (Phi) is 1.95. The van der Waals surface area contributed by atoms with Crippen LogP contribution in [-0.4, -0.2) is 11.0 Å². The fourth-order valence-electron chi connectivity index (χ4n) is 1.92. The summed E-state index contributed by atoms with van der Waals surface area (Å²) in [7, 11) is 0. The van der Waals surface area contributed by atoms with Crippen LogP contribution in [0.25, 0.3) is 10.9 Å². The molecule has 5 nitrogen and oxygen atoms in total. The molecule has 1 aromatic heterocycles. The van der Waals surface area contributed by atoms with E-state index >= 15 is 0 Å². The molecule has 0 radical (unpaired) electrons. The largest absolute Gasteiger partial charge is 0.368 e. The van der Waals surface area contributed by atoms with Crippen LogP contribution in [0.3, 0.4) is 0 Å². The zero-order valence-electron chi connectivity index (χ0n) is 8.71. The summed E-state index contributed by atoms with van der Waals surface area (Å²) in [5.74, 6) is 0. The molecule has 0 aliphatic carbocycles. The van der Waals surface area contributed by atoms with Crippen molar-refractivity contribution < 1.29 is 4.79 Å². The number of nitrogens with zero attached hydrogens (tertiary/aromatic N) is 4. The number of urea groups is 1. The third-order valence-corrected chi connectivity index (χ3v) is 2.62. The summed E-state index contributed by atoms with van der Waals surface area (Å²) in [6.07, 6.45) is 1.86. The molecule has 0 N–H and O–H groups in total. The lowest BCUT2D eigenvalue weighted by Crippen LogP contribution is -2.27. The second-order valence-corrected chi connectivity index (χ2v) is 3.64. The van der Waals surface area contributed by atoms with Gasteiger partial charge >= 0.3 is 6.03 Å². The summed E-state index contributed by atoms with van der Waals surface area (Å²) < 4.78 is 0. The summed E-state index contributed by atoms with van der Waals surface area (Å²) in [4.78, 5) is 23.2. The first-order chi connectivity index (χ1) is 8.29. The molecule has 1 aromatic carbocycles. The highest BCUT2D eigenvalue weighted by atomic mass is 16.2. The van der Waals surface area contributed by atoms with Crippen molar-refractivity contribution in [2.45, 2.75) is 6.42 Å². The lowest BCUT2D eigenvalue weighted by atomic mass is 10.1. The molecule has 5 heteroatoms. The smallest absolute Gasteiger partial charge is 0.256 e. The van der Waals surface area contributed by atoms with Gasteiger partial charge in [0.25, 0.3) is 0 Å². The lowest BCUT2D eigenvalue weighted by molar-refractivity contribution is 0.256. The first-order valence-corrected chi connectivity index (χ1v) is 5.04. The third-order valence-electron chi connectivity index (χ3n) is 2.62. The number of hydrogen-bond acceptors (Lipinski definition) is 3. The fraction of sp³-hybridized carbons (Fsp3) is 0.0833. The first-order valence-electron chi connectivity index (χ1n) is 5.04. The van der Waals surface area contributed by atoms with Crippen LogP contribution >= 0.6 is 0 Å². The summed E-state index contributed by atoms with van der Waals surface area (Å²) in [6.45, 7) is 0. The van der Waals surface area contributed by atoms with Gasteiger partial charge in [0.1, 0.15) is 5.36 Å². The maximum Gasteiger partial charge on any atom is 0.368 e. The molecule has 0 unspecified atom stereocenters. The number of amides is 2. The predicted octanol–water partition coefficient (Wildman–Crippen LogP) is 0.674. The van der Waals surface area contributed by atoms with Crippen molar-refractivity contribution in [3.05, 3.63) is 40.7 Å². The highest BCUT2D eigenvalue weighted by Gasteiger charge is 2.13. The molecule has 1 aliphatic heterocycles. The lowest BCUT2D eigenvalue weighted by Gasteiger charge is -1.99. The van der Waals surface area contributed by atoms with Gasteiger partial charge in [-0.15, -0.1) is 0 Å². The molecular formula is C12H6N4O. The number of rotatable bonds is 1. The Balaban J connectivity index is 2.54. The highest BCUT2D eigenvalue weighted by Crippen LogP contribution is 2.08. The Morgan fingerprint density at radius 3 is 2.94 bits per heavy atom. The molecule has 2 heterocycles. The summed E-state index contributed by atoms with van der Waals surface area (Å²) >= 11 is 0. The molecule has 0 saturated carbocycles. The molecule has 1 aliphatic rings. The van der Waals surface area contributed by atoms with Gasteiger partial charge in [0.05, 0.1) is 23.4 Å². The minimum absolute atomic E-state index is 0.196. The van der Waals surface area contributed by atoms with E-state index in [1.54, 1.807) is 18.3 Å². The zero-order chi connectivity index (χ0) is 11.8. The van der Waals surface area contributed by atoms with Gasteiger partial charge in [-0.05, 0) is 23.8 Å². The van der Waals surface area contributed by atoms with Gasteiger partial charge in [-0.2, -0.15) is 15.2 Å². The molecule has 17 heavy (non-hydrogen) atoms. The molecule has 0 spiro atoms. The maximum atomic E-state index is 11.3. The minimum atomic E-state index is -0.518. The Labute approximate surface area is 95.8 Å². The van der Waals surface area contributed by atoms with Crippen molar-refractivity contribution in [3.8, 4) is 6.07 Å². The predicted molar refractivity (Wildman–Crippen MR) is 58.8 cm³/mol. The molecule has 2 aromatic rings. The molecule has 80 valence electrons. The van der Waals surface area contributed by atoms with E-state index in [1.165, 1.54) is 0 Å². The van der Waals surface area contributed by atoms with Crippen LogP contribution in [0.1, 0.15) is 5.56 Å². The van der Waals surface area contributed by atoms with Gasteiger partial charge in [-0.25, -0.2) is 4.79 Å². The number of hydrogen-bond donors (Lipinski definition) is 0. The number of carbonyl (C=O) groups is 1. The Morgan fingerprint density at radius 2 is 2.12 bits per heavy atom. The number of carbonyl (C=O) groups excluding carboxylic acids is 1. The van der Waals surface area contributed by atoms with Crippen molar-refractivity contribution in [1.29, 1.82) is 5.26 Å². The fourth-order valence-corrected chi connectivity index (χ4v) is 1.92. The summed E-state index contributed by atoms with van der Waals surface area (Å²) in [6, 6.07) is 6.95. The van der Waals surface area contributed by atoms with Crippen molar-refractivity contribution in [1.82, 2.24) is 4.98 Å². The molecule has 0 saturated heterocycles. The average Bonchev–Trinajstić information content (AvgIpc) is 2.72. The molecule has 0 fully saturated rings. The standard InChI is InChI=1S/C12H6N4O/c13-4-3-7-6-9-8(2-1-5-14-9)11-10(7)15-12(17)16-11/h1-2,5-6H,3H2. The Bertz CT molecular complexity index is 802. The summed E-state index contributed by atoms with van der Waals surface area (Å²) in [5.41, 5.74) is 1.42. The van der Waals surface area contributed by atoms with Gasteiger partial charge in [-0.1, -0.05) is 0 Å². The van der Waals surface area contributed by atoms with Crippen LogP contribution in [0.15, 0.2) is 34.4 Å². The van der Waals surface area contributed by atoms with E-state index in [2.05, 4.69) is 21.0 Å². The van der Waals surface area contributed by atoms with E-state index in [0.29, 0.717) is 16.3 Å². The second-order valence-electron chi connectivity index (χ2n) is 3.64. The van der Waals surface area contributed by atoms with Crippen LogP contribution < -0.4 is 10.7 Å². The molecule has 3 rings (SSSR count). The van der Waals surface area contributed by atoms with E-state index in [4.69, 9.17) is 5.26 Å². The number of benzene rings is 1. The number of pyridine rings is 1. The van der Waals surface area contributed by atoms with Gasteiger partial charge in [0.2, 0.25) is 0 Å². The molecule has 0 bridgehead atoms. The number of nitriles is 1. The molecule has 0 atom stereocenters. The van der Waals surface area contributed by atoms with Crippen LogP contribution in [0, 0.1) is 11.3 Å². The first kappa shape index (κ1) is 9.60. The second kappa shape index (κ2) is 3.46. The molecule has 2 amide bonds. The van der Waals surface area contributed by atoms with Crippen LogP contribution in [-0.2, 0) is 6.42 Å². The zero-order valence-corrected chi connectivity index (χ0v) is 8.71. The maximum absolute atomic E-state index is 11.3. The van der Waals surface area contributed by atoms with E-state index < -0.39 is 6.03 Å². The van der Waals surface area contributed by atoms with Crippen molar-refractivity contribution >= 4 is 16.9 Å². The van der Waals surface area contributed by atoms with Crippen LogP contribution in [0.2, 0.25) is 0 Å². The molecular weight excluding hydrogens is 216 g/mol. The van der Waals surface area contributed by atoms with Gasteiger partial charge in [-0.3, -0.25) is 4.98 Å². The normalized spacial score (nSPS) is 12.8. The third kappa shape index (κ3) is 1.39. The van der Waals surface area contributed by atoms with Crippen molar-refractivity contribution in [3.63, 3.8) is 0 Å². The number of aromatic nitrogens is 1. The van der Waals surface area contributed by atoms with Gasteiger partial charge in [0.15, 0.2) is 0 Å². The van der Waals surface area contributed by atoms with Crippen LogP contribution in [0.5, 0.6) is 0 Å². The quantitative estimate of drug-likeness (QED) is 0.711. The van der Waals surface area contributed by atoms with E-state index in [-0.39, 0.29) is 6.42 Å². The van der Waals surface area contributed by atoms with Crippen LogP contribution in [0.4, 0.5) is 4.79 Å². The topological polar surface area (TPSA) is 78.5 Å². The Hall–Kier alpha value is -2.61. The Morgan fingerprint density at radius 1 is 1.29 bits per heavy atom. The van der Waals surface area contributed by atoms with E-state index in [9.17, 15) is 4.79 Å². The monoisotopic (exact) mass is 222 g/mol. The summed E-state index contributed by atoms with van der Waals surface area (Å²) in [5, 5.41) is 10.6. The number of fused-ring (bicyclic) bond motifs is 3. The van der Waals surface area contributed by atoms with E-state index in [1.807, 2.05) is 6.07 Å².